The van der Waals surface area contributed by atoms with E-state index in [-0.39, 0.29) is 0 Å². The normalized spacial score (nSPS) is 28.2. The fourth-order valence-corrected chi connectivity index (χ4v) is 2.38. The third-order valence-corrected chi connectivity index (χ3v) is 3.12. The second-order valence-electron chi connectivity index (χ2n) is 3.86. The minimum atomic E-state index is 0.649. The molecule has 0 aromatic carbocycles. The van der Waals surface area contributed by atoms with E-state index in [1.165, 1.54) is 25.0 Å². The van der Waals surface area contributed by atoms with Gasteiger partial charge in [0.2, 0.25) is 0 Å². The summed E-state index contributed by atoms with van der Waals surface area (Å²) in [6.45, 7) is 0. The largest absolute Gasteiger partial charge is 0.337 e. The molecule has 0 saturated heterocycles. The zero-order valence-electron chi connectivity index (χ0n) is 8.33. The Labute approximate surface area is 79.2 Å². The SMILES string of the molecule is CNC1CCCC1c1cncn1C. The number of hydrogen-bond donors (Lipinski definition) is 1. The van der Waals surface area contributed by atoms with Crippen LogP contribution in [0.3, 0.4) is 0 Å². The summed E-state index contributed by atoms with van der Waals surface area (Å²) >= 11 is 0. The van der Waals surface area contributed by atoms with Crippen molar-refractivity contribution >= 4 is 0 Å². The summed E-state index contributed by atoms with van der Waals surface area (Å²) in [6, 6.07) is 0.649. The summed E-state index contributed by atoms with van der Waals surface area (Å²) < 4.78 is 2.14. The fraction of sp³-hybridized carbons (Fsp3) is 0.700. The number of aromatic nitrogens is 2. The maximum Gasteiger partial charge on any atom is 0.0945 e. The molecule has 1 heterocycles. The zero-order valence-corrected chi connectivity index (χ0v) is 8.33. The Morgan fingerprint density at radius 3 is 3.00 bits per heavy atom. The predicted molar refractivity (Wildman–Crippen MR) is 52.6 cm³/mol. The first-order chi connectivity index (χ1) is 6.33. The molecule has 0 bridgehead atoms. The Hall–Kier alpha value is -0.830. The molecule has 72 valence electrons. The van der Waals surface area contributed by atoms with Gasteiger partial charge in [0, 0.05) is 30.9 Å². The van der Waals surface area contributed by atoms with Crippen LogP contribution in [0, 0.1) is 0 Å². The van der Waals surface area contributed by atoms with E-state index in [2.05, 4.69) is 29.0 Å². The van der Waals surface area contributed by atoms with Crippen molar-refractivity contribution in [3.05, 3.63) is 18.2 Å². The van der Waals surface area contributed by atoms with Crippen LogP contribution in [0.2, 0.25) is 0 Å². The molecule has 1 aliphatic carbocycles. The second kappa shape index (κ2) is 3.50. The molecular weight excluding hydrogens is 162 g/mol. The average Bonchev–Trinajstić information content (AvgIpc) is 2.71. The molecule has 1 aliphatic rings. The van der Waals surface area contributed by atoms with E-state index in [1.807, 2.05) is 12.5 Å². The average molecular weight is 179 g/mol. The van der Waals surface area contributed by atoms with Crippen molar-refractivity contribution in [1.29, 1.82) is 0 Å². The summed E-state index contributed by atoms with van der Waals surface area (Å²) in [4.78, 5) is 4.17. The molecule has 3 nitrogen and oxygen atoms in total. The lowest BCUT2D eigenvalue weighted by molar-refractivity contribution is 0.503. The van der Waals surface area contributed by atoms with E-state index in [1.54, 1.807) is 0 Å². The van der Waals surface area contributed by atoms with Crippen LogP contribution >= 0.6 is 0 Å². The molecule has 1 N–H and O–H groups in total. The molecular formula is C10H17N3. The van der Waals surface area contributed by atoms with Gasteiger partial charge in [-0.25, -0.2) is 4.98 Å². The number of hydrogen-bond acceptors (Lipinski definition) is 2. The van der Waals surface area contributed by atoms with Gasteiger partial charge in [-0.05, 0) is 19.9 Å². The van der Waals surface area contributed by atoms with E-state index in [9.17, 15) is 0 Å². The second-order valence-corrected chi connectivity index (χ2v) is 3.86. The maximum absolute atomic E-state index is 4.17. The first-order valence-corrected chi connectivity index (χ1v) is 4.96. The van der Waals surface area contributed by atoms with Gasteiger partial charge in [-0.15, -0.1) is 0 Å². The lowest BCUT2D eigenvalue weighted by Crippen LogP contribution is -2.28. The highest BCUT2D eigenvalue weighted by Crippen LogP contribution is 2.33. The van der Waals surface area contributed by atoms with Crippen LogP contribution in [0.1, 0.15) is 30.9 Å². The first kappa shape index (κ1) is 8.75. The van der Waals surface area contributed by atoms with Gasteiger partial charge >= 0.3 is 0 Å². The van der Waals surface area contributed by atoms with Crippen LogP contribution in [-0.2, 0) is 7.05 Å². The molecule has 2 atom stereocenters. The molecule has 1 aromatic heterocycles. The fourth-order valence-electron chi connectivity index (χ4n) is 2.38. The van der Waals surface area contributed by atoms with Gasteiger partial charge in [0.05, 0.1) is 6.33 Å². The third kappa shape index (κ3) is 1.48. The Kier molecular flexibility index (Phi) is 2.36. The Morgan fingerprint density at radius 2 is 2.38 bits per heavy atom. The summed E-state index contributed by atoms with van der Waals surface area (Å²) in [6.07, 6.45) is 7.82. The molecule has 0 radical (unpaired) electrons. The van der Waals surface area contributed by atoms with Gasteiger partial charge in [0.25, 0.3) is 0 Å². The van der Waals surface area contributed by atoms with Gasteiger partial charge in [0.1, 0.15) is 0 Å². The third-order valence-electron chi connectivity index (χ3n) is 3.12. The molecule has 1 aromatic rings. The molecule has 2 unspecified atom stereocenters. The quantitative estimate of drug-likeness (QED) is 0.741. The van der Waals surface area contributed by atoms with Crippen molar-refractivity contribution in [3.8, 4) is 0 Å². The van der Waals surface area contributed by atoms with Gasteiger partial charge in [-0.2, -0.15) is 0 Å². The van der Waals surface area contributed by atoms with Crippen LogP contribution in [-0.4, -0.2) is 22.6 Å². The van der Waals surface area contributed by atoms with Gasteiger partial charge < -0.3 is 9.88 Å². The molecule has 2 rings (SSSR count). The predicted octanol–water partition coefficient (Wildman–Crippen LogP) is 1.28. The van der Waals surface area contributed by atoms with Crippen molar-refractivity contribution in [3.63, 3.8) is 0 Å². The zero-order chi connectivity index (χ0) is 9.26. The van der Waals surface area contributed by atoms with Crippen LogP contribution in [0.4, 0.5) is 0 Å². The van der Waals surface area contributed by atoms with E-state index in [0.29, 0.717) is 12.0 Å². The minimum absolute atomic E-state index is 0.649. The molecule has 13 heavy (non-hydrogen) atoms. The van der Waals surface area contributed by atoms with Crippen molar-refractivity contribution in [1.82, 2.24) is 14.9 Å². The summed E-state index contributed by atoms with van der Waals surface area (Å²) in [5.74, 6) is 0.664. The molecule has 1 saturated carbocycles. The van der Waals surface area contributed by atoms with Gasteiger partial charge in [-0.1, -0.05) is 6.42 Å². The summed E-state index contributed by atoms with van der Waals surface area (Å²) in [5.41, 5.74) is 1.37. The standard InChI is InChI=1S/C10H17N3/c1-11-9-5-3-4-8(9)10-6-12-7-13(10)2/h6-9,11H,3-5H2,1-2H3. The van der Waals surface area contributed by atoms with Gasteiger partial charge in [-0.3, -0.25) is 0 Å². The monoisotopic (exact) mass is 179 g/mol. The first-order valence-electron chi connectivity index (χ1n) is 4.96. The van der Waals surface area contributed by atoms with E-state index >= 15 is 0 Å². The number of nitrogens with zero attached hydrogens (tertiary/aromatic N) is 2. The smallest absolute Gasteiger partial charge is 0.0945 e. The van der Waals surface area contributed by atoms with Crippen molar-refractivity contribution in [2.75, 3.05) is 7.05 Å². The highest BCUT2D eigenvalue weighted by atomic mass is 15.0. The van der Waals surface area contributed by atoms with E-state index < -0.39 is 0 Å². The molecule has 0 spiro atoms. The van der Waals surface area contributed by atoms with Crippen LogP contribution in [0.25, 0.3) is 0 Å². The molecule has 0 aliphatic heterocycles. The van der Waals surface area contributed by atoms with E-state index in [0.717, 1.165) is 0 Å². The molecule has 3 heteroatoms. The number of imidazole rings is 1. The van der Waals surface area contributed by atoms with Crippen LogP contribution in [0.5, 0.6) is 0 Å². The van der Waals surface area contributed by atoms with E-state index in [4.69, 9.17) is 0 Å². The van der Waals surface area contributed by atoms with Crippen molar-refractivity contribution in [2.45, 2.75) is 31.2 Å². The lowest BCUT2D eigenvalue weighted by Gasteiger charge is -2.18. The Balaban J connectivity index is 2.20. The molecule has 0 amide bonds. The number of nitrogens with one attached hydrogen (secondary N) is 1. The number of likely N-dealkylation sites (N-methyl/N-ethyl adjacent to an activating group) is 1. The van der Waals surface area contributed by atoms with Gasteiger partial charge in [0.15, 0.2) is 0 Å². The van der Waals surface area contributed by atoms with Crippen molar-refractivity contribution < 1.29 is 0 Å². The Morgan fingerprint density at radius 1 is 1.54 bits per heavy atom. The van der Waals surface area contributed by atoms with Crippen molar-refractivity contribution in [2.24, 2.45) is 7.05 Å². The number of aryl methyl sites for hydroxylation is 1. The minimum Gasteiger partial charge on any atom is -0.337 e. The maximum atomic E-state index is 4.17. The van der Waals surface area contributed by atoms with Crippen LogP contribution in [0.15, 0.2) is 12.5 Å². The topological polar surface area (TPSA) is 29.9 Å². The summed E-state index contributed by atoms with van der Waals surface area (Å²) in [7, 11) is 4.13. The Bertz CT molecular complexity index is 279. The van der Waals surface area contributed by atoms with Crippen LogP contribution < -0.4 is 5.32 Å². The highest BCUT2D eigenvalue weighted by molar-refractivity contribution is 5.11. The summed E-state index contributed by atoms with van der Waals surface area (Å²) in [5, 5.41) is 3.39. The highest BCUT2D eigenvalue weighted by Gasteiger charge is 2.28. The lowest BCUT2D eigenvalue weighted by atomic mass is 10.0. The number of rotatable bonds is 2. The molecule has 1 fully saturated rings.